The Morgan fingerprint density at radius 2 is 1.78 bits per heavy atom. The molecule has 1 saturated heterocycles. The number of carboxylic acid groups (broad SMARTS) is 1. The lowest BCUT2D eigenvalue weighted by Crippen LogP contribution is -2.30. The topological polar surface area (TPSA) is 75.4 Å². The van der Waals surface area contributed by atoms with Crippen LogP contribution in [0.4, 0.5) is 0 Å². The Kier molecular flexibility index (Phi) is 4.62. The molecule has 1 aliphatic rings. The summed E-state index contributed by atoms with van der Waals surface area (Å²) in [6, 6.07) is 17.4. The summed E-state index contributed by atoms with van der Waals surface area (Å²) in [7, 11) is 0. The molecule has 0 radical (unpaired) electrons. The fourth-order valence-corrected chi connectivity index (χ4v) is 3.86. The van der Waals surface area contributed by atoms with Crippen molar-refractivity contribution >= 4 is 22.9 Å². The summed E-state index contributed by atoms with van der Waals surface area (Å²) in [5.74, 6) is -1.59. The molecule has 4 rings (SSSR count). The molecule has 0 bridgehead atoms. The minimum atomic E-state index is -0.847. The minimum absolute atomic E-state index is 0.0162. The van der Waals surface area contributed by atoms with Gasteiger partial charge in [-0.1, -0.05) is 42.5 Å². The van der Waals surface area contributed by atoms with Crippen LogP contribution in [0, 0.1) is 5.92 Å². The van der Waals surface area contributed by atoms with Crippen LogP contribution in [-0.4, -0.2) is 44.5 Å². The number of fused-ring (bicyclic) bond motifs is 1. The van der Waals surface area contributed by atoms with Gasteiger partial charge in [0.1, 0.15) is 0 Å². The summed E-state index contributed by atoms with van der Waals surface area (Å²) in [4.78, 5) is 30.4. The first-order valence-corrected chi connectivity index (χ1v) is 9.09. The Morgan fingerprint density at radius 1 is 1.04 bits per heavy atom. The first-order valence-electron chi connectivity index (χ1n) is 9.09. The van der Waals surface area contributed by atoms with Crippen LogP contribution in [0.5, 0.6) is 0 Å². The second kappa shape index (κ2) is 7.23. The number of imidazole rings is 1. The molecule has 138 valence electrons. The predicted molar refractivity (Wildman–Crippen MR) is 101 cm³/mol. The van der Waals surface area contributed by atoms with Gasteiger partial charge in [-0.25, -0.2) is 4.98 Å². The van der Waals surface area contributed by atoms with Gasteiger partial charge in [0, 0.05) is 32.0 Å². The molecule has 27 heavy (non-hydrogen) atoms. The fourth-order valence-electron chi connectivity index (χ4n) is 3.86. The van der Waals surface area contributed by atoms with Crippen molar-refractivity contribution in [2.45, 2.75) is 18.9 Å². The molecule has 1 fully saturated rings. The molecule has 6 nitrogen and oxygen atoms in total. The van der Waals surface area contributed by atoms with Crippen LogP contribution in [0.25, 0.3) is 11.0 Å². The minimum Gasteiger partial charge on any atom is -0.481 e. The Balaban J connectivity index is 1.45. The monoisotopic (exact) mass is 363 g/mol. The van der Waals surface area contributed by atoms with Gasteiger partial charge in [0.2, 0.25) is 5.91 Å². The van der Waals surface area contributed by atoms with E-state index in [1.54, 1.807) is 11.2 Å². The maximum Gasteiger partial charge on any atom is 0.308 e. The van der Waals surface area contributed by atoms with Crippen molar-refractivity contribution in [1.82, 2.24) is 14.5 Å². The van der Waals surface area contributed by atoms with E-state index in [2.05, 4.69) is 4.98 Å². The fraction of sp³-hybridized carbons (Fsp3) is 0.286. The molecular weight excluding hydrogens is 342 g/mol. The highest BCUT2D eigenvalue weighted by Crippen LogP contribution is 2.33. The number of carbonyl (C=O) groups is 2. The Morgan fingerprint density at radius 3 is 2.56 bits per heavy atom. The molecule has 1 aromatic heterocycles. The lowest BCUT2D eigenvalue weighted by molar-refractivity contribution is -0.141. The molecule has 0 spiro atoms. The van der Waals surface area contributed by atoms with Gasteiger partial charge >= 0.3 is 5.97 Å². The molecule has 1 aliphatic heterocycles. The summed E-state index contributed by atoms with van der Waals surface area (Å²) in [6.45, 7) is 1.24. The van der Waals surface area contributed by atoms with Crippen LogP contribution >= 0.6 is 0 Å². The maximum atomic E-state index is 12.7. The van der Waals surface area contributed by atoms with E-state index in [0.717, 1.165) is 16.6 Å². The Labute approximate surface area is 157 Å². The molecule has 0 aliphatic carbocycles. The van der Waals surface area contributed by atoms with Crippen LogP contribution in [0.3, 0.4) is 0 Å². The first-order chi connectivity index (χ1) is 13.1. The highest BCUT2D eigenvalue weighted by molar-refractivity contribution is 5.80. The number of carbonyl (C=O) groups excluding carboxylic acids is 1. The number of rotatable bonds is 5. The summed E-state index contributed by atoms with van der Waals surface area (Å²) in [6.07, 6.45) is 2.07. The summed E-state index contributed by atoms with van der Waals surface area (Å²) >= 11 is 0. The van der Waals surface area contributed by atoms with Gasteiger partial charge in [-0.3, -0.25) is 9.59 Å². The average Bonchev–Trinajstić information content (AvgIpc) is 3.32. The second-order valence-corrected chi connectivity index (χ2v) is 6.94. The third kappa shape index (κ3) is 3.43. The SMILES string of the molecule is O=C(O)[C@@H]1CN(C(=O)CCn2cnc3ccccc32)C[C@H]1c1ccccc1. The highest BCUT2D eigenvalue weighted by atomic mass is 16.4. The van der Waals surface area contributed by atoms with Crippen LogP contribution < -0.4 is 0 Å². The molecule has 0 unspecified atom stereocenters. The highest BCUT2D eigenvalue weighted by Gasteiger charge is 2.40. The zero-order chi connectivity index (χ0) is 18.8. The number of benzene rings is 2. The van der Waals surface area contributed by atoms with Gasteiger partial charge in [0.05, 0.1) is 23.3 Å². The second-order valence-electron chi connectivity index (χ2n) is 6.94. The van der Waals surface area contributed by atoms with Crippen LogP contribution in [0.2, 0.25) is 0 Å². The third-order valence-corrected chi connectivity index (χ3v) is 5.31. The smallest absolute Gasteiger partial charge is 0.308 e. The number of para-hydroxylation sites is 2. The molecule has 1 amide bonds. The average molecular weight is 363 g/mol. The predicted octanol–water partition coefficient (Wildman–Crippen LogP) is 2.75. The van der Waals surface area contributed by atoms with Gasteiger partial charge in [0.25, 0.3) is 0 Å². The van der Waals surface area contributed by atoms with Gasteiger partial charge in [-0.2, -0.15) is 0 Å². The maximum absolute atomic E-state index is 12.7. The number of amides is 1. The number of hydrogen-bond donors (Lipinski definition) is 1. The van der Waals surface area contributed by atoms with Gasteiger partial charge in [-0.05, 0) is 17.7 Å². The van der Waals surface area contributed by atoms with Crippen LogP contribution in [0.1, 0.15) is 17.9 Å². The van der Waals surface area contributed by atoms with Crippen molar-refractivity contribution < 1.29 is 14.7 Å². The molecule has 2 atom stereocenters. The van der Waals surface area contributed by atoms with Crippen LogP contribution in [0.15, 0.2) is 60.9 Å². The van der Waals surface area contributed by atoms with Gasteiger partial charge < -0.3 is 14.6 Å². The van der Waals surface area contributed by atoms with Crippen molar-refractivity contribution in [1.29, 1.82) is 0 Å². The van der Waals surface area contributed by atoms with Crippen molar-refractivity contribution in [3.8, 4) is 0 Å². The van der Waals surface area contributed by atoms with E-state index in [-0.39, 0.29) is 18.4 Å². The van der Waals surface area contributed by atoms with E-state index in [9.17, 15) is 14.7 Å². The number of likely N-dealkylation sites (tertiary alicyclic amines) is 1. The number of nitrogens with zero attached hydrogens (tertiary/aromatic N) is 3. The lowest BCUT2D eigenvalue weighted by Gasteiger charge is -2.17. The summed E-state index contributed by atoms with van der Waals surface area (Å²) in [5.41, 5.74) is 2.87. The molecule has 1 N–H and O–H groups in total. The van der Waals surface area contributed by atoms with Crippen molar-refractivity contribution in [2.24, 2.45) is 5.92 Å². The quantitative estimate of drug-likeness (QED) is 0.756. The third-order valence-electron chi connectivity index (χ3n) is 5.31. The van der Waals surface area contributed by atoms with Crippen molar-refractivity contribution in [2.75, 3.05) is 13.1 Å². The van der Waals surface area contributed by atoms with Crippen molar-refractivity contribution in [3.63, 3.8) is 0 Å². The van der Waals surface area contributed by atoms with E-state index in [1.807, 2.05) is 59.2 Å². The number of aliphatic carboxylic acids is 1. The molecule has 6 heteroatoms. The first kappa shape index (κ1) is 17.3. The van der Waals surface area contributed by atoms with E-state index in [4.69, 9.17) is 0 Å². The normalized spacial score (nSPS) is 19.5. The molecule has 0 saturated carbocycles. The van der Waals surface area contributed by atoms with E-state index in [0.29, 0.717) is 19.5 Å². The summed E-state index contributed by atoms with van der Waals surface area (Å²) < 4.78 is 1.96. The standard InChI is InChI=1S/C21H21N3O3/c25-20(10-11-23-14-22-18-8-4-5-9-19(18)23)24-12-16(17(13-24)21(26)27)15-6-2-1-3-7-15/h1-9,14,16-17H,10-13H2,(H,26,27)/t16-,17+/m0/s1. The lowest BCUT2D eigenvalue weighted by atomic mass is 9.89. The Bertz CT molecular complexity index is 967. The van der Waals surface area contributed by atoms with Crippen LogP contribution in [-0.2, 0) is 16.1 Å². The van der Waals surface area contributed by atoms with E-state index in [1.165, 1.54) is 0 Å². The number of aryl methyl sites for hydroxylation is 1. The molecule has 3 aromatic rings. The zero-order valence-corrected chi connectivity index (χ0v) is 14.9. The molecule has 2 heterocycles. The molecular formula is C21H21N3O3. The summed E-state index contributed by atoms with van der Waals surface area (Å²) in [5, 5.41) is 9.59. The number of carboxylic acids is 1. The van der Waals surface area contributed by atoms with Crippen molar-refractivity contribution in [3.05, 3.63) is 66.5 Å². The van der Waals surface area contributed by atoms with Gasteiger partial charge in [0.15, 0.2) is 0 Å². The molecule has 2 aromatic carbocycles. The largest absolute Gasteiger partial charge is 0.481 e. The number of aromatic nitrogens is 2. The zero-order valence-electron chi connectivity index (χ0n) is 14.9. The van der Waals surface area contributed by atoms with Gasteiger partial charge in [-0.15, -0.1) is 0 Å². The Hall–Kier alpha value is -3.15. The van der Waals surface area contributed by atoms with E-state index < -0.39 is 11.9 Å². The number of hydrogen-bond acceptors (Lipinski definition) is 3. The van der Waals surface area contributed by atoms with E-state index >= 15 is 0 Å².